The average molecular weight is 300 g/mol. The zero-order valence-corrected chi connectivity index (χ0v) is 12.3. The summed E-state index contributed by atoms with van der Waals surface area (Å²) in [5.41, 5.74) is 3.08. The molecule has 0 saturated heterocycles. The van der Waals surface area contributed by atoms with E-state index < -0.39 is 0 Å². The largest absolute Gasteiger partial charge is 0.347 e. The number of amides is 1. The Balaban J connectivity index is 1.78. The molecule has 1 aromatic carbocycles. The molecule has 0 unspecified atom stereocenters. The third-order valence-corrected chi connectivity index (χ3v) is 3.69. The van der Waals surface area contributed by atoms with Gasteiger partial charge in [-0.25, -0.2) is 4.98 Å². The fourth-order valence-corrected chi connectivity index (χ4v) is 2.37. The van der Waals surface area contributed by atoms with Crippen LogP contribution < -0.4 is 5.32 Å². The summed E-state index contributed by atoms with van der Waals surface area (Å²) in [4.78, 5) is 16.5. The molecular formula is C16H14ClN3O. The standard InChI is InChI=1S/C16H14ClN3O/c1-11-5-4-8-15-19-14(10-20(11)15)16(21)18-9-12-6-2-3-7-13(12)17/h2-8,10H,9H2,1H3,(H,18,21). The van der Waals surface area contributed by atoms with Crippen molar-refractivity contribution in [2.45, 2.75) is 13.5 Å². The normalized spacial score (nSPS) is 10.8. The molecular weight excluding hydrogens is 286 g/mol. The number of halogens is 1. The van der Waals surface area contributed by atoms with Crippen LogP contribution in [0.3, 0.4) is 0 Å². The third-order valence-electron chi connectivity index (χ3n) is 3.33. The summed E-state index contributed by atoms with van der Waals surface area (Å²) in [5, 5.41) is 3.48. The highest BCUT2D eigenvalue weighted by atomic mass is 35.5. The molecule has 1 amide bonds. The Morgan fingerprint density at radius 1 is 1.24 bits per heavy atom. The molecule has 0 bridgehead atoms. The molecule has 0 aliphatic carbocycles. The SMILES string of the molecule is Cc1cccc2nc(C(=O)NCc3ccccc3Cl)cn12. The van der Waals surface area contributed by atoms with E-state index in [0.29, 0.717) is 17.3 Å². The monoisotopic (exact) mass is 299 g/mol. The maximum atomic E-state index is 12.2. The molecule has 0 fully saturated rings. The van der Waals surface area contributed by atoms with E-state index in [2.05, 4.69) is 10.3 Å². The number of hydrogen-bond acceptors (Lipinski definition) is 2. The topological polar surface area (TPSA) is 46.4 Å². The van der Waals surface area contributed by atoms with Crippen LogP contribution in [0.1, 0.15) is 21.7 Å². The first-order valence-electron chi connectivity index (χ1n) is 6.61. The van der Waals surface area contributed by atoms with Crippen LogP contribution in [0.5, 0.6) is 0 Å². The fraction of sp³-hybridized carbons (Fsp3) is 0.125. The predicted octanol–water partition coefficient (Wildman–Crippen LogP) is 3.23. The van der Waals surface area contributed by atoms with Crippen LogP contribution in [0.4, 0.5) is 0 Å². The first kappa shape index (κ1) is 13.6. The van der Waals surface area contributed by atoms with Gasteiger partial charge in [-0.1, -0.05) is 35.9 Å². The molecule has 3 rings (SSSR count). The number of aromatic nitrogens is 2. The van der Waals surface area contributed by atoms with Crippen LogP contribution in [-0.2, 0) is 6.54 Å². The minimum absolute atomic E-state index is 0.210. The Kier molecular flexibility index (Phi) is 3.62. The van der Waals surface area contributed by atoms with Gasteiger partial charge in [-0.2, -0.15) is 0 Å². The fourth-order valence-electron chi connectivity index (χ4n) is 2.17. The summed E-state index contributed by atoms with van der Waals surface area (Å²) >= 11 is 6.07. The van der Waals surface area contributed by atoms with Gasteiger partial charge in [-0.3, -0.25) is 4.79 Å². The summed E-state index contributed by atoms with van der Waals surface area (Å²) in [6, 6.07) is 13.2. The number of benzene rings is 1. The smallest absolute Gasteiger partial charge is 0.271 e. The molecule has 5 heteroatoms. The van der Waals surface area contributed by atoms with E-state index in [1.54, 1.807) is 12.3 Å². The van der Waals surface area contributed by atoms with Crippen LogP contribution >= 0.6 is 11.6 Å². The lowest BCUT2D eigenvalue weighted by molar-refractivity contribution is 0.0946. The highest BCUT2D eigenvalue weighted by Gasteiger charge is 2.11. The molecule has 0 aliphatic rings. The summed E-state index contributed by atoms with van der Waals surface area (Å²) in [6.45, 7) is 2.35. The van der Waals surface area contributed by atoms with Gasteiger partial charge in [0.15, 0.2) is 0 Å². The maximum Gasteiger partial charge on any atom is 0.271 e. The number of nitrogens with zero attached hydrogens (tertiary/aromatic N) is 2. The van der Waals surface area contributed by atoms with Gasteiger partial charge in [0, 0.05) is 23.5 Å². The van der Waals surface area contributed by atoms with Crippen molar-refractivity contribution in [3.05, 3.63) is 70.6 Å². The van der Waals surface area contributed by atoms with E-state index in [4.69, 9.17) is 11.6 Å². The van der Waals surface area contributed by atoms with E-state index in [0.717, 1.165) is 16.9 Å². The third kappa shape index (κ3) is 2.76. The van der Waals surface area contributed by atoms with Gasteiger partial charge in [-0.15, -0.1) is 0 Å². The van der Waals surface area contributed by atoms with Crippen LogP contribution in [-0.4, -0.2) is 15.3 Å². The molecule has 21 heavy (non-hydrogen) atoms. The van der Waals surface area contributed by atoms with Gasteiger partial charge in [0.2, 0.25) is 0 Å². The lowest BCUT2D eigenvalue weighted by Crippen LogP contribution is -2.23. The maximum absolute atomic E-state index is 12.2. The van der Waals surface area contributed by atoms with Crippen LogP contribution in [0.15, 0.2) is 48.7 Å². The first-order chi connectivity index (χ1) is 10.1. The van der Waals surface area contributed by atoms with Crippen molar-refractivity contribution < 1.29 is 4.79 Å². The Morgan fingerprint density at radius 3 is 2.81 bits per heavy atom. The van der Waals surface area contributed by atoms with Gasteiger partial charge in [0.05, 0.1) is 0 Å². The zero-order valence-electron chi connectivity index (χ0n) is 11.5. The minimum atomic E-state index is -0.210. The van der Waals surface area contributed by atoms with Crippen molar-refractivity contribution in [1.82, 2.24) is 14.7 Å². The van der Waals surface area contributed by atoms with E-state index in [9.17, 15) is 4.79 Å². The number of hydrogen-bond donors (Lipinski definition) is 1. The highest BCUT2D eigenvalue weighted by Crippen LogP contribution is 2.14. The number of aryl methyl sites for hydroxylation is 1. The Bertz CT molecular complexity index is 810. The molecule has 4 nitrogen and oxygen atoms in total. The number of nitrogens with one attached hydrogen (secondary N) is 1. The van der Waals surface area contributed by atoms with Gasteiger partial charge in [-0.05, 0) is 30.7 Å². The second kappa shape index (κ2) is 5.58. The van der Waals surface area contributed by atoms with Gasteiger partial charge in [0.25, 0.3) is 5.91 Å². The summed E-state index contributed by atoms with van der Waals surface area (Å²) in [6.07, 6.45) is 1.74. The Labute approximate surface area is 127 Å². The van der Waals surface area contributed by atoms with Crippen molar-refractivity contribution >= 4 is 23.2 Å². The van der Waals surface area contributed by atoms with Crippen molar-refractivity contribution in [3.63, 3.8) is 0 Å². The molecule has 2 aromatic heterocycles. The number of pyridine rings is 1. The molecule has 0 radical (unpaired) electrons. The molecule has 3 aromatic rings. The number of carbonyl (C=O) groups is 1. The Hall–Kier alpha value is -2.33. The van der Waals surface area contributed by atoms with E-state index in [1.807, 2.05) is 47.7 Å². The molecule has 2 heterocycles. The van der Waals surface area contributed by atoms with Gasteiger partial charge >= 0.3 is 0 Å². The van der Waals surface area contributed by atoms with Crippen molar-refractivity contribution in [3.8, 4) is 0 Å². The first-order valence-corrected chi connectivity index (χ1v) is 6.99. The number of fused-ring (bicyclic) bond motifs is 1. The molecule has 0 aliphatic heterocycles. The number of rotatable bonds is 3. The second-order valence-electron chi connectivity index (χ2n) is 4.80. The van der Waals surface area contributed by atoms with Crippen molar-refractivity contribution in [2.24, 2.45) is 0 Å². The predicted molar refractivity (Wildman–Crippen MR) is 82.6 cm³/mol. The van der Waals surface area contributed by atoms with Crippen molar-refractivity contribution in [1.29, 1.82) is 0 Å². The van der Waals surface area contributed by atoms with Gasteiger partial charge < -0.3 is 9.72 Å². The zero-order chi connectivity index (χ0) is 14.8. The van der Waals surface area contributed by atoms with E-state index >= 15 is 0 Å². The molecule has 0 spiro atoms. The van der Waals surface area contributed by atoms with Gasteiger partial charge in [0.1, 0.15) is 11.3 Å². The van der Waals surface area contributed by atoms with Crippen molar-refractivity contribution in [2.75, 3.05) is 0 Å². The van der Waals surface area contributed by atoms with Crippen LogP contribution in [0, 0.1) is 6.92 Å². The van der Waals surface area contributed by atoms with Crippen LogP contribution in [0.2, 0.25) is 5.02 Å². The quantitative estimate of drug-likeness (QED) is 0.807. The number of carbonyl (C=O) groups excluding carboxylic acids is 1. The summed E-state index contributed by atoms with van der Waals surface area (Å²) in [7, 11) is 0. The second-order valence-corrected chi connectivity index (χ2v) is 5.20. The molecule has 106 valence electrons. The van der Waals surface area contributed by atoms with E-state index in [-0.39, 0.29) is 5.91 Å². The molecule has 0 atom stereocenters. The minimum Gasteiger partial charge on any atom is -0.347 e. The molecule has 1 N–H and O–H groups in total. The van der Waals surface area contributed by atoms with Crippen LogP contribution in [0.25, 0.3) is 5.65 Å². The van der Waals surface area contributed by atoms with E-state index in [1.165, 1.54) is 0 Å². The highest BCUT2D eigenvalue weighted by molar-refractivity contribution is 6.31. The Morgan fingerprint density at radius 2 is 2.05 bits per heavy atom. The summed E-state index contributed by atoms with van der Waals surface area (Å²) < 4.78 is 1.89. The lowest BCUT2D eigenvalue weighted by Gasteiger charge is -2.05. The summed E-state index contributed by atoms with van der Waals surface area (Å²) in [5.74, 6) is -0.210. The lowest BCUT2D eigenvalue weighted by atomic mass is 10.2. The number of imidazole rings is 1. The molecule has 0 saturated carbocycles. The average Bonchev–Trinajstić information content (AvgIpc) is 2.92.